The van der Waals surface area contributed by atoms with Crippen molar-refractivity contribution in [3.05, 3.63) is 107 Å². The SMILES string of the molecule is [C-]#[N+]CCn1c(Cn2c(=O)n(-c3ccccc3)c3ccccc32)nc2ccccc21. The van der Waals surface area contributed by atoms with Gasteiger partial charge in [-0.3, -0.25) is 9.13 Å². The predicted molar refractivity (Wildman–Crippen MR) is 118 cm³/mol. The van der Waals surface area contributed by atoms with Gasteiger partial charge in [-0.2, -0.15) is 0 Å². The largest absolute Gasteiger partial charge is 0.334 e. The van der Waals surface area contributed by atoms with Crippen LogP contribution in [0, 0.1) is 6.57 Å². The van der Waals surface area contributed by atoms with Gasteiger partial charge in [-0.25, -0.2) is 16.4 Å². The molecule has 0 fully saturated rings. The summed E-state index contributed by atoms with van der Waals surface area (Å²) < 4.78 is 5.55. The summed E-state index contributed by atoms with van der Waals surface area (Å²) in [6.45, 7) is 8.43. The normalized spacial score (nSPS) is 11.2. The van der Waals surface area contributed by atoms with Gasteiger partial charge in [0.25, 0.3) is 0 Å². The molecule has 6 heteroatoms. The number of nitrogens with zero attached hydrogens (tertiary/aromatic N) is 5. The van der Waals surface area contributed by atoms with Gasteiger partial charge in [0.2, 0.25) is 6.54 Å². The summed E-state index contributed by atoms with van der Waals surface area (Å²) >= 11 is 0. The molecule has 0 atom stereocenters. The highest BCUT2D eigenvalue weighted by atomic mass is 16.1. The van der Waals surface area contributed by atoms with Crippen LogP contribution >= 0.6 is 0 Å². The molecule has 6 nitrogen and oxygen atoms in total. The van der Waals surface area contributed by atoms with E-state index in [1.807, 2.05) is 78.9 Å². The molecule has 2 heterocycles. The monoisotopic (exact) mass is 393 g/mol. The topological polar surface area (TPSA) is 49.1 Å². The average molecular weight is 393 g/mol. The maximum absolute atomic E-state index is 13.5. The molecule has 3 aromatic carbocycles. The first-order valence-electron chi connectivity index (χ1n) is 9.81. The first-order valence-corrected chi connectivity index (χ1v) is 9.81. The van der Waals surface area contributed by atoms with Crippen LogP contribution in [0.15, 0.2) is 83.7 Å². The number of hydrogen-bond donors (Lipinski definition) is 0. The third-order valence-electron chi connectivity index (χ3n) is 5.32. The molecular formula is C24H19N5O. The first-order chi connectivity index (χ1) is 14.8. The fraction of sp³-hybridized carbons (Fsp3) is 0.125. The highest BCUT2D eigenvalue weighted by Crippen LogP contribution is 2.21. The fourth-order valence-electron chi connectivity index (χ4n) is 3.97. The average Bonchev–Trinajstić information content (AvgIpc) is 3.28. The maximum atomic E-state index is 13.5. The molecule has 5 rings (SSSR count). The Morgan fingerprint density at radius 3 is 2.23 bits per heavy atom. The third-order valence-corrected chi connectivity index (χ3v) is 5.32. The molecule has 0 spiro atoms. The molecular weight excluding hydrogens is 374 g/mol. The second-order valence-electron chi connectivity index (χ2n) is 7.08. The summed E-state index contributed by atoms with van der Waals surface area (Å²) in [7, 11) is 0. The number of para-hydroxylation sites is 5. The number of rotatable bonds is 5. The standard InChI is InChI=1S/C24H19N5O/c1-25-15-16-27-20-12-6-5-11-19(20)26-23(27)17-28-21-13-7-8-14-22(21)29(24(28)30)18-9-3-2-4-10-18/h2-14H,15-17H2. The summed E-state index contributed by atoms with van der Waals surface area (Å²) in [5.41, 5.74) is 4.30. The van der Waals surface area contributed by atoms with E-state index in [9.17, 15) is 4.79 Å². The molecule has 5 aromatic rings. The van der Waals surface area contributed by atoms with Crippen LogP contribution in [0.2, 0.25) is 0 Å². The van der Waals surface area contributed by atoms with Gasteiger partial charge in [-0.1, -0.05) is 42.5 Å². The second-order valence-corrected chi connectivity index (χ2v) is 7.08. The Hall–Kier alpha value is -4.11. The van der Waals surface area contributed by atoms with Crippen LogP contribution < -0.4 is 5.69 Å². The smallest absolute Gasteiger partial charge is 0.319 e. The minimum absolute atomic E-state index is 0.105. The van der Waals surface area contributed by atoms with Crippen LogP contribution in [0.4, 0.5) is 0 Å². The van der Waals surface area contributed by atoms with E-state index in [1.165, 1.54) is 0 Å². The van der Waals surface area contributed by atoms with Crippen molar-refractivity contribution in [3.8, 4) is 5.69 Å². The van der Waals surface area contributed by atoms with E-state index in [2.05, 4.69) is 9.41 Å². The third kappa shape index (κ3) is 2.88. The lowest BCUT2D eigenvalue weighted by molar-refractivity contribution is 0.650. The zero-order chi connectivity index (χ0) is 20.5. The van der Waals surface area contributed by atoms with Crippen molar-refractivity contribution in [1.82, 2.24) is 18.7 Å². The van der Waals surface area contributed by atoms with Crippen molar-refractivity contribution in [2.45, 2.75) is 13.1 Å². The summed E-state index contributed by atoms with van der Waals surface area (Å²) in [6.07, 6.45) is 0. The molecule has 0 saturated heterocycles. The summed E-state index contributed by atoms with van der Waals surface area (Å²) in [6, 6.07) is 25.3. The van der Waals surface area contributed by atoms with Gasteiger partial charge in [-0.05, 0) is 36.4 Å². The maximum Gasteiger partial charge on any atom is 0.334 e. The number of hydrogen-bond acceptors (Lipinski definition) is 2. The van der Waals surface area contributed by atoms with Crippen LogP contribution in [-0.2, 0) is 13.1 Å². The van der Waals surface area contributed by atoms with Crippen molar-refractivity contribution in [3.63, 3.8) is 0 Å². The molecule has 0 N–H and O–H groups in total. The van der Waals surface area contributed by atoms with Gasteiger partial charge in [0.15, 0.2) is 0 Å². The van der Waals surface area contributed by atoms with E-state index in [1.54, 1.807) is 9.13 Å². The van der Waals surface area contributed by atoms with Crippen molar-refractivity contribution < 1.29 is 0 Å². The highest BCUT2D eigenvalue weighted by Gasteiger charge is 2.18. The Kier molecular flexibility index (Phi) is 4.41. The molecule has 0 radical (unpaired) electrons. The van der Waals surface area contributed by atoms with Gasteiger partial charge in [0, 0.05) is 0 Å². The van der Waals surface area contributed by atoms with Gasteiger partial charge in [-0.15, -0.1) is 0 Å². The van der Waals surface area contributed by atoms with E-state index < -0.39 is 0 Å². The quantitative estimate of drug-likeness (QED) is 0.422. The molecule has 146 valence electrons. The second kappa shape index (κ2) is 7.37. The molecule has 0 aliphatic heterocycles. The zero-order valence-corrected chi connectivity index (χ0v) is 16.3. The van der Waals surface area contributed by atoms with Crippen molar-refractivity contribution in [2.75, 3.05) is 6.54 Å². The van der Waals surface area contributed by atoms with Crippen molar-refractivity contribution in [2.24, 2.45) is 0 Å². The number of fused-ring (bicyclic) bond motifs is 2. The highest BCUT2D eigenvalue weighted by molar-refractivity contribution is 5.79. The predicted octanol–water partition coefficient (Wildman–Crippen LogP) is 4.11. The molecule has 0 saturated carbocycles. The molecule has 0 amide bonds. The molecule has 2 aromatic heterocycles. The van der Waals surface area contributed by atoms with Gasteiger partial charge in [0.05, 0.1) is 40.8 Å². The number of aromatic nitrogens is 4. The molecule has 0 bridgehead atoms. The lowest BCUT2D eigenvalue weighted by atomic mass is 10.3. The minimum Gasteiger partial charge on any atom is -0.319 e. The van der Waals surface area contributed by atoms with Crippen LogP contribution in [0.1, 0.15) is 5.82 Å². The van der Waals surface area contributed by atoms with Gasteiger partial charge in [0.1, 0.15) is 5.82 Å². The van der Waals surface area contributed by atoms with Gasteiger partial charge >= 0.3 is 5.69 Å². The van der Waals surface area contributed by atoms with Crippen molar-refractivity contribution >= 4 is 22.1 Å². The van der Waals surface area contributed by atoms with Crippen LogP contribution in [0.5, 0.6) is 0 Å². The molecule has 0 aliphatic rings. The zero-order valence-electron chi connectivity index (χ0n) is 16.3. The van der Waals surface area contributed by atoms with Crippen LogP contribution in [-0.4, -0.2) is 25.2 Å². The number of imidazole rings is 2. The lowest BCUT2D eigenvalue weighted by Crippen LogP contribution is -2.25. The Morgan fingerprint density at radius 2 is 1.47 bits per heavy atom. The molecule has 0 aliphatic carbocycles. The van der Waals surface area contributed by atoms with Crippen LogP contribution in [0.3, 0.4) is 0 Å². The van der Waals surface area contributed by atoms with E-state index in [4.69, 9.17) is 11.6 Å². The van der Waals surface area contributed by atoms with Gasteiger partial charge < -0.3 is 9.41 Å². The van der Waals surface area contributed by atoms with Crippen molar-refractivity contribution in [1.29, 1.82) is 0 Å². The lowest BCUT2D eigenvalue weighted by Gasteiger charge is -2.07. The van der Waals surface area contributed by atoms with E-state index in [-0.39, 0.29) is 5.69 Å². The van der Waals surface area contributed by atoms with E-state index in [0.717, 1.165) is 33.6 Å². The Balaban J connectivity index is 1.70. The first kappa shape index (κ1) is 18.0. The minimum atomic E-state index is -0.105. The summed E-state index contributed by atoms with van der Waals surface area (Å²) in [5.74, 6) is 0.776. The Labute approximate surface area is 173 Å². The van der Waals surface area contributed by atoms with E-state index >= 15 is 0 Å². The number of benzene rings is 3. The van der Waals surface area contributed by atoms with E-state index in [0.29, 0.717) is 19.6 Å². The Bertz CT molecular complexity index is 1450. The molecule has 0 unspecified atom stereocenters. The van der Waals surface area contributed by atoms with Crippen LogP contribution in [0.25, 0.3) is 32.6 Å². The fourth-order valence-corrected chi connectivity index (χ4v) is 3.97. The summed E-state index contributed by atoms with van der Waals surface area (Å²) in [4.78, 5) is 21.8. The Morgan fingerprint density at radius 1 is 0.800 bits per heavy atom. The summed E-state index contributed by atoms with van der Waals surface area (Å²) in [5, 5.41) is 0. The molecule has 30 heavy (non-hydrogen) atoms.